The zero-order valence-corrected chi connectivity index (χ0v) is 16.6. The van der Waals surface area contributed by atoms with Crippen LogP contribution < -0.4 is 11.0 Å². The van der Waals surface area contributed by atoms with Gasteiger partial charge in [-0.1, -0.05) is 26.0 Å². The molecule has 1 unspecified atom stereocenters. The Bertz CT molecular complexity index is 851. The van der Waals surface area contributed by atoms with Gasteiger partial charge in [-0.3, -0.25) is 9.47 Å². The van der Waals surface area contributed by atoms with Gasteiger partial charge in [0, 0.05) is 26.2 Å². The Labute approximate surface area is 164 Å². The number of morpholine rings is 1. The van der Waals surface area contributed by atoms with Crippen molar-refractivity contribution >= 4 is 17.1 Å². The molecule has 8 nitrogen and oxygen atoms in total. The molecule has 1 amide bonds. The first-order valence-corrected chi connectivity index (χ1v) is 9.93. The van der Waals surface area contributed by atoms with E-state index in [1.165, 1.54) is 4.57 Å². The number of carbonyl (C=O) groups is 1. The van der Waals surface area contributed by atoms with Crippen LogP contribution in [0, 0.1) is 5.92 Å². The highest BCUT2D eigenvalue weighted by Crippen LogP contribution is 2.13. The van der Waals surface area contributed by atoms with Gasteiger partial charge < -0.3 is 15.2 Å². The van der Waals surface area contributed by atoms with Gasteiger partial charge >= 0.3 is 11.7 Å². The van der Waals surface area contributed by atoms with Crippen LogP contribution in [-0.4, -0.2) is 70.7 Å². The summed E-state index contributed by atoms with van der Waals surface area (Å²) in [5.74, 6) is 0.323. The minimum Gasteiger partial charge on any atom is -0.394 e. The van der Waals surface area contributed by atoms with Crippen molar-refractivity contribution in [1.82, 2.24) is 19.4 Å². The Morgan fingerprint density at radius 1 is 1.18 bits per heavy atom. The number of aromatic nitrogens is 2. The van der Waals surface area contributed by atoms with Crippen molar-refractivity contribution in [2.24, 2.45) is 5.92 Å². The normalized spacial score (nSPS) is 16.6. The van der Waals surface area contributed by atoms with Gasteiger partial charge in [0.15, 0.2) is 0 Å². The number of nitrogens with zero attached hydrogens (tertiary/aromatic N) is 3. The van der Waals surface area contributed by atoms with E-state index in [1.54, 1.807) is 10.6 Å². The molecule has 1 saturated heterocycles. The Morgan fingerprint density at radius 3 is 2.50 bits per heavy atom. The lowest BCUT2D eigenvalue weighted by molar-refractivity contribution is 0.0364. The number of rotatable bonds is 7. The number of carbonyl (C=O) groups excluding carboxylic acids is 1. The van der Waals surface area contributed by atoms with Gasteiger partial charge in [-0.2, -0.15) is 0 Å². The third-order valence-corrected chi connectivity index (χ3v) is 5.09. The molecule has 1 aliphatic rings. The van der Waals surface area contributed by atoms with Crippen LogP contribution in [-0.2, 0) is 11.3 Å². The van der Waals surface area contributed by atoms with Gasteiger partial charge in [-0.25, -0.2) is 14.2 Å². The minimum atomic E-state index is -0.494. The SMILES string of the molecule is CC(C)CC(CO)NC(=O)n1c(=O)n(CCN2CCOCC2)c2ccccc21. The van der Waals surface area contributed by atoms with Gasteiger partial charge in [0.05, 0.1) is 36.9 Å². The molecule has 1 aliphatic heterocycles. The summed E-state index contributed by atoms with van der Waals surface area (Å²) in [4.78, 5) is 28.2. The Morgan fingerprint density at radius 2 is 1.86 bits per heavy atom. The molecule has 154 valence electrons. The van der Waals surface area contributed by atoms with E-state index in [9.17, 15) is 14.7 Å². The van der Waals surface area contributed by atoms with E-state index in [0.29, 0.717) is 37.6 Å². The molecule has 2 aromatic rings. The first kappa shape index (κ1) is 20.6. The number of hydrogen-bond donors (Lipinski definition) is 2. The molecule has 0 aliphatic carbocycles. The fourth-order valence-corrected chi connectivity index (χ4v) is 3.67. The number of benzene rings is 1. The van der Waals surface area contributed by atoms with E-state index in [-0.39, 0.29) is 18.3 Å². The molecule has 1 atom stereocenters. The smallest absolute Gasteiger partial charge is 0.337 e. The predicted octanol–water partition coefficient (Wildman–Crippen LogP) is 1.10. The molecule has 28 heavy (non-hydrogen) atoms. The number of para-hydroxylation sites is 2. The van der Waals surface area contributed by atoms with E-state index in [1.807, 2.05) is 32.0 Å². The van der Waals surface area contributed by atoms with Crippen molar-refractivity contribution < 1.29 is 14.6 Å². The van der Waals surface area contributed by atoms with Crippen molar-refractivity contribution in [3.05, 3.63) is 34.7 Å². The van der Waals surface area contributed by atoms with Crippen LogP contribution in [0.1, 0.15) is 20.3 Å². The summed E-state index contributed by atoms with van der Waals surface area (Å²) in [5.41, 5.74) is 0.960. The number of aliphatic hydroxyl groups excluding tert-OH is 1. The quantitative estimate of drug-likeness (QED) is 0.739. The van der Waals surface area contributed by atoms with Gasteiger partial charge in [0.1, 0.15) is 0 Å². The topological polar surface area (TPSA) is 88.7 Å². The summed E-state index contributed by atoms with van der Waals surface area (Å²) < 4.78 is 8.20. The highest BCUT2D eigenvalue weighted by Gasteiger charge is 2.21. The number of ether oxygens (including phenoxy) is 1. The first-order valence-electron chi connectivity index (χ1n) is 9.93. The summed E-state index contributed by atoms with van der Waals surface area (Å²) in [6.45, 7) is 8.24. The number of imidazole rings is 1. The monoisotopic (exact) mass is 390 g/mol. The van der Waals surface area contributed by atoms with Crippen LogP contribution in [0.15, 0.2) is 29.1 Å². The lowest BCUT2D eigenvalue weighted by Crippen LogP contribution is -2.44. The second-order valence-corrected chi connectivity index (χ2v) is 7.67. The summed E-state index contributed by atoms with van der Waals surface area (Å²) in [6, 6.07) is 6.44. The maximum atomic E-state index is 13.1. The molecular weight excluding hydrogens is 360 g/mol. The Balaban J connectivity index is 1.85. The highest BCUT2D eigenvalue weighted by molar-refractivity contribution is 5.89. The maximum absolute atomic E-state index is 13.1. The molecule has 8 heteroatoms. The molecule has 0 spiro atoms. The van der Waals surface area contributed by atoms with Gasteiger partial charge in [0.2, 0.25) is 0 Å². The molecular formula is C20H30N4O4. The average molecular weight is 390 g/mol. The number of amides is 1. The summed E-state index contributed by atoms with van der Waals surface area (Å²) in [5, 5.41) is 12.4. The lowest BCUT2D eigenvalue weighted by atomic mass is 10.0. The molecule has 3 rings (SSSR count). The zero-order chi connectivity index (χ0) is 20.1. The molecule has 0 saturated carbocycles. The molecule has 0 radical (unpaired) electrons. The molecule has 1 fully saturated rings. The number of hydrogen-bond acceptors (Lipinski definition) is 5. The summed E-state index contributed by atoms with van der Waals surface area (Å²) in [6.07, 6.45) is 0.645. The maximum Gasteiger partial charge on any atom is 0.337 e. The predicted molar refractivity (Wildman–Crippen MR) is 108 cm³/mol. The van der Waals surface area contributed by atoms with Crippen LogP contribution in [0.2, 0.25) is 0 Å². The van der Waals surface area contributed by atoms with Crippen molar-refractivity contribution in [3.8, 4) is 0 Å². The van der Waals surface area contributed by atoms with Gasteiger partial charge in [-0.05, 0) is 24.5 Å². The third-order valence-electron chi connectivity index (χ3n) is 5.09. The first-order chi connectivity index (χ1) is 13.5. The van der Waals surface area contributed by atoms with Crippen molar-refractivity contribution in [2.75, 3.05) is 39.5 Å². The third kappa shape index (κ3) is 4.63. The zero-order valence-electron chi connectivity index (χ0n) is 16.6. The van der Waals surface area contributed by atoms with Crippen LogP contribution >= 0.6 is 0 Å². The summed E-state index contributed by atoms with van der Waals surface area (Å²) in [7, 11) is 0. The fraction of sp³-hybridized carbons (Fsp3) is 0.600. The second-order valence-electron chi connectivity index (χ2n) is 7.67. The van der Waals surface area contributed by atoms with Crippen LogP contribution in [0.3, 0.4) is 0 Å². The summed E-state index contributed by atoms with van der Waals surface area (Å²) >= 11 is 0. The number of fused-ring (bicyclic) bond motifs is 1. The van der Waals surface area contributed by atoms with E-state index in [2.05, 4.69) is 10.2 Å². The van der Waals surface area contributed by atoms with Crippen molar-refractivity contribution in [3.63, 3.8) is 0 Å². The lowest BCUT2D eigenvalue weighted by Gasteiger charge is -2.26. The molecule has 1 aromatic carbocycles. The molecule has 2 N–H and O–H groups in total. The highest BCUT2D eigenvalue weighted by atomic mass is 16.5. The Hall–Kier alpha value is -2.16. The van der Waals surface area contributed by atoms with Crippen LogP contribution in [0.4, 0.5) is 4.79 Å². The van der Waals surface area contributed by atoms with E-state index in [0.717, 1.165) is 25.2 Å². The van der Waals surface area contributed by atoms with Crippen molar-refractivity contribution in [2.45, 2.75) is 32.9 Å². The van der Waals surface area contributed by atoms with Crippen LogP contribution in [0.25, 0.3) is 11.0 Å². The van der Waals surface area contributed by atoms with E-state index in [4.69, 9.17) is 4.74 Å². The molecule has 0 bridgehead atoms. The second kappa shape index (κ2) is 9.36. The van der Waals surface area contributed by atoms with Gasteiger partial charge in [0.25, 0.3) is 0 Å². The minimum absolute atomic E-state index is 0.158. The van der Waals surface area contributed by atoms with E-state index >= 15 is 0 Å². The molecule has 2 heterocycles. The number of aliphatic hydroxyl groups is 1. The molecule has 1 aromatic heterocycles. The largest absolute Gasteiger partial charge is 0.394 e. The van der Waals surface area contributed by atoms with Crippen molar-refractivity contribution in [1.29, 1.82) is 0 Å². The fourth-order valence-electron chi connectivity index (χ4n) is 3.67. The van der Waals surface area contributed by atoms with Gasteiger partial charge in [-0.15, -0.1) is 0 Å². The average Bonchev–Trinajstić information content (AvgIpc) is 2.97. The van der Waals surface area contributed by atoms with E-state index < -0.39 is 6.03 Å². The Kier molecular flexibility index (Phi) is 6.88. The van der Waals surface area contributed by atoms with Crippen LogP contribution in [0.5, 0.6) is 0 Å². The number of nitrogens with one attached hydrogen (secondary N) is 1. The standard InChI is InChI=1S/C20H30N4O4/c1-15(2)13-16(14-25)21-19(26)24-18-6-4-3-5-17(18)23(20(24)27)8-7-22-9-11-28-12-10-22/h3-6,15-16,25H,7-14H2,1-2H3,(H,21,26).